The molecule has 1 unspecified atom stereocenters. The van der Waals surface area contributed by atoms with E-state index >= 15 is 0 Å². The van der Waals surface area contributed by atoms with Crippen LogP contribution in [0, 0.1) is 6.92 Å². The molecule has 1 saturated heterocycles. The van der Waals surface area contributed by atoms with E-state index in [2.05, 4.69) is 66.2 Å². The van der Waals surface area contributed by atoms with Crippen molar-refractivity contribution >= 4 is 5.57 Å². The van der Waals surface area contributed by atoms with Gasteiger partial charge >= 0.3 is 0 Å². The van der Waals surface area contributed by atoms with Crippen LogP contribution >= 0.6 is 0 Å². The summed E-state index contributed by atoms with van der Waals surface area (Å²) in [5, 5.41) is 0. The Kier molecular flexibility index (Phi) is 4.69. The average molecular weight is 292 g/mol. The molecule has 3 rings (SSSR count). The molecule has 1 aliphatic rings. The van der Waals surface area contributed by atoms with Crippen molar-refractivity contribution in [3.05, 3.63) is 71.6 Å². The van der Waals surface area contributed by atoms with Gasteiger partial charge in [-0.15, -0.1) is 0 Å². The monoisotopic (exact) mass is 292 g/mol. The second-order valence-electron chi connectivity index (χ2n) is 6.18. The molecule has 0 bridgehead atoms. The third-order valence-electron chi connectivity index (χ3n) is 4.52. The van der Waals surface area contributed by atoms with Gasteiger partial charge in [0, 0.05) is 24.4 Å². The highest BCUT2D eigenvalue weighted by Crippen LogP contribution is 2.23. The lowest BCUT2D eigenvalue weighted by Crippen LogP contribution is -2.27. The summed E-state index contributed by atoms with van der Waals surface area (Å²) in [5.41, 5.74) is 4.83. The summed E-state index contributed by atoms with van der Waals surface area (Å²) in [6.07, 6.45) is 6.85. The number of benzene rings is 1. The summed E-state index contributed by atoms with van der Waals surface area (Å²) >= 11 is 0. The van der Waals surface area contributed by atoms with Crippen LogP contribution in [0.4, 0.5) is 0 Å². The molecule has 0 spiro atoms. The van der Waals surface area contributed by atoms with Crippen molar-refractivity contribution in [2.75, 3.05) is 13.1 Å². The Bertz CT molecular complexity index is 629. The summed E-state index contributed by atoms with van der Waals surface area (Å²) in [7, 11) is 0. The van der Waals surface area contributed by atoms with E-state index in [1.54, 1.807) is 0 Å². The molecule has 2 aromatic rings. The van der Waals surface area contributed by atoms with E-state index in [1.165, 1.54) is 36.1 Å². The van der Waals surface area contributed by atoms with E-state index in [0.717, 1.165) is 12.2 Å². The number of rotatable bonds is 4. The van der Waals surface area contributed by atoms with Crippen molar-refractivity contribution in [3.63, 3.8) is 0 Å². The highest BCUT2D eigenvalue weighted by Gasteiger charge is 2.19. The fraction of sp³-hybridized carbons (Fsp3) is 0.350. The third kappa shape index (κ3) is 3.45. The Morgan fingerprint density at radius 3 is 2.68 bits per heavy atom. The fourth-order valence-corrected chi connectivity index (χ4v) is 3.10. The van der Waals surface area contributed by atoms with Crippen LogP contribution in [0.15, 0.2) is 54.7 Å². The van der Waals surface area contributed by atoms with Gasteiger partial charge in [-0.05, 0) is 50.9 Å². The highest BCUT2D eigenvalue weighted by molar-refractivity contribution is 5.78. The molecule has 2 nitrogen and oxygen atoms in total. The van der Waals surface area contributed by atoms with Gasteiger partial charge in [-0.2, -0.15) is 0 Å². The van der Waals surface area contributed by atoms with E-state index in [9.17, 15) is 0 Å². The van der Waals surface area contributed by atoms with Crippen molar-refractivity contribution in [1.29, 1.82) is 0 Å². The van der Waals surface area contributed by atoms with Gasteiger partial charge < -0.3 is 0 Å². The maximum atomic E-state index is 4.56. The zero-order chi connectivity index (χ0) is 15.4. The molecule has 1 atom stereocenters. The molecule has 0 radical (unpaired) electrons. The predicted molar refractivity (Wildman–Crippen MR) is 92.8 cm³/mol. The SMILES string of the molecule is Cc1ccc(/C(=C\CN2CCCC2C)c2ccccn2)cc1. The molecule has 2 heterocycles. The van der Waals surface area contributed by atoms with Crippen molar-refractivity contribution in [1.82, 2.24) is 9.88 Å². The first-order valence-corrected chi connectivity index (χ1v) is 8.17. The van der Waals surface area contributed by atoms with Gasteiger partial charge in [-0.3, -0.25) is 9.88 Å². The molecular formula is C20H24N2. The van der Waals surface area contributed by atoms with Gasteiger partial charge in [-0.1, -0.05) is 42.0 Å². The summed E-state index contributed by atoms with van der Waals surface area (Å²) in [6, 6.07) is 15.6. The molecule has 0 amide bonds. The van der Waals surface area contributed by atoms with Crippen molar-refractivity contribution < 1.29 is 0 Å². The second-order valence-corrected chi connectivity index (χ2v) is 6.18. The van der Waals surface area contributed by atoms with E-state index in [-0.39, 0.29) is 0 Å². The third-order valence-corrected chi connectivity index (χ3v) is 4.52. The lowest BCUT2D eigenvalue weighted by Gasteiger charge is -2.19. The number of aryl methyl sites for hydroxylation is 1. The van der Waals surface area contributed by atoms with E-state index in [4.69, 9.17) is 0 Å². The summed E-state index contributed by atoms with van der Waals surface area (Å²) < 4.78 is 0. The number of aromatic nitrogens is 1. The number of nitrogens with zero attached hydrogens (tertiary/aromatic N) is 2. The van der Waals surface area contributed by atoms with Crippen LogP contribution in [-0.2, 0) is 0 Å². The van der Waals surface area contributed by atoms with E-state index in [0.29, 0.717) is 6.04 Å². The van der Waals surface area contributed by atoms with Crippen molar-refractivity contribution in [2.45, 2.75) is 32.7 Å². The minimum absolute atomic E-state index is 0.694. The van der Waals surface area contributed by atoms with Gasteiger partial charge in [0.2, 0.25) is 0 Å². The molecule has 0 N–H and O–H groups in total. The van der Waals surface area contributed by atoms with Crippen molar-refractivity contribution in [2.24, 2.45) is 0 Å². The summed E-state index contributed by atoms with van der Waals surface area (Å²) in [6.45, 7) is 6.66. The Hall–Kier alpha value is -1.93. The van der Waals surface area contributed by atoms with E-state index < -0.39 is 0 Å². The molecule has 22 heavy (non-hydrogen) atoms. The van der Waals surface area contributed by atoms with Crippen LogP contribution in [0.1, 0.15) is 36.6 Å². The topological polar surface area (TPSA) is 16.1 Å². The number of pyridine rings is 1. The smallest absolute Gasteiger partial charge is 0.0705 e. The van der Waals surface area contributed by atoms with Crippen LogP contribution < -0.4 is 0 Å². The normalized spacial score (nSPS) is 19.5. The second kappa shape index (κ2) is 6.89. The zero-order valence-corrected chi connectivity index (χ0v) is 13.5. The van der Waals surface area contributed by atoms with Gasteiger partial charge in [0.1, 0.15) is 0 Å². The molecule has 0 aliphatic carbocycles. The number of hydrogen-bond donors (Lipinski definition) is 0. The largest absolute Gasteiger partial charge is 0.297 e. The maximum Gasteiger partial charge on any atom is 0.0705 e. The number of likely N-dealkylation sites (tertiary alicyclic amines) is 1. The average Bonchev–Trinajstić information content (AvgIpc) is 2.96. The summed E-state index contributed by atoms with van der Waals surface area (Å²) in [4.78, 5) is 7.11. The quantitative estimate of drug-likeness (QED) is 0.835. The zero-order valence-electron chi connectivity index (χ0n) is 13.5. The van der Waals surface area contributed by atoms with Gasteiger partial charge in [-0.25, -0.2) is 0 Å². The minimum Gasteiger partial charge on any atom is -0.297 e. The van der Waals surface area contributed by atoms with Crippen LogP contribution in [0.2, 0.25) is 0 Å². The van der Waals surface area contributed by atoms with Crippen LogP contribution in [0.3, 0.4) is 0 Å². The van der Waals surface area contributed by atoms with Gasteiger partial charge in [0.05, 0.1) is 5.69 Å². The van der Waals surface area contributed by atoms with Crippen LogP contribution in [0.25, 0.3) is 5.57 Å². The first-order valence-electron chi connectivity index (χ1n) is 8.17. The lowest BCUT2D eigenvalue weighted by molar-refractivity contribution is 0.298. The summed E-state index contributed by atoms with van der Waals surface area (Å²) in [5.74, 6) is 0. The van der Waals surface area contributed by atoms with Gasteiger partial charge in [0.25, 0.3) is 0 Å². The van der Waals surface area contributed by atoms with Crippen LogP contribution in [-0.4, -0.2) is 29.0 Å². The molecular weight excluding hydrogens is 268 g/mol. The first-order chi connectivity index (χ1) is 10.7. The molecule has 1 aliphatic heterocycles. The first kappa shape index (κ1) is 15.0. The highest BCUT2D eigenvalue weighted by atomic mass is 15.2. The Balaban J connectivity index is 1.90. The lowest BCUT2D eigenvalue weighted by atomic mass is 10.0. The van der Waals surface area contributed by atoms with Gasteiger partial charge in [0.15, 0.2) is 0 Å². The molecule has 1 aromatic carbocycles. The van der Waals surface area contributed by atoms with E-state index in [1.807, 2.05) is 12.3 Å². The predicted octanol–water partition coefficient (Wildman–Crippen LogP) is 4.31. The van der Waals surface area contributed by atoms with Crippen LogP contribution in [0.5, 0.6) is 0 Å². The standard InChI is InChI=1S/C20H24N2/c1-16-8-10-18(11-9-16)19(20-7-3-4-13-21-20)12-15-22-14-5-6-17(22)2/h3-4,7-13,17H,5-6,14-15H2,1-2H3/b19-12+. The molecule has 2 heteroatoms. The Labute approximate surface area is 133 Å². The Morgan fingerprint density at radius 2 is 2.05 bits per heavy atom. The molecule has 1 fully saturated rings. The maximum absolute atomic E-state index is 4.56. The van der Waals surface area contributed by atoms with Crippen molar-refractivity contribution in [3.8, 4) is 0 Å². The fourth-order valence-electron chi connectivity index (χ4n) is 3.10. The molecule has 1 aromatic heterocycles. The molecule has 114 valence electrons. The molecule has 0 saturated carbocycles. The minimum atomic E-state index is 0.694. The Morgan fingerprint density at radius 1 is 1.23 bits per heavy atom. The number of hydrogen-bond acceptors (Lipinski definition) is 2.